The summed E-state index contributed by atoms with van der Waals surface area (Å²) in [4.78, 5) is 24.8. The molecule has 0 atom stereocenters. The summed E-state index contributed by atoms with van der Waals surface area (Å²) in [7, 11) is 0. The number of carbonyl (C=O) groups is 1. The fraction of sp³-hybridized carbons (Fsp3) is 0.562. The summed E-state index contributed by atoms with van der Waals surface area (Å²) in [6.07, 6.45) is 3.62. The number of benzene rings is 1. The van der Waals surface area contributed by atoms with Gasteiger partial charge in [0.25, 0.3) is 5.69 Å². The number of hydrogen-bond donors (Lipinski definition) is 1. The molecule has 1 N–H and O–H groups in total. The van der Waals surface area contributed by atoms with E-state index in [9.17, 15) is 14.9 Å². The topological polar surface area (TPSA) is 75.5 Å². The Labute approximate surface area is 155 Å². The summed E-state index contributed by atoms with van der Waals surface area (Å²) in [5.74, 6) is 0.0976. The highest BCUT2D eigenvalue weighted by Crippen LogP contribution is 2.37. The Morgan fingerprint density at radius 1 is 1.33 bits per heavy atom. The number of nitrogens with zero attached hydrogens (tertiary/aromatic N) is 2. The molecule has 1 aromatic carbocycles. The van der Waals surface area contributed by atoms with Crippen molar-refractivity contribution >= 4 is 39.9 Å². The molecule has 2 fully saturated rings. The van der Waals surface area contributed by atoms with E-state index in [0.717, 1.165) is 44.6 Å². The molecular weight excluding hydrogens is 398 g/mol. The Kier molecular flexibility index (Phi) is 6.22. The second-order valence-electron chi connectivity index (χ2n) is 6.52. The number of nitro groups is 1. The number of nitro benzene ring substituents is 1. The van der Waals surface area contributed by atoms with Gasteiger partial charge in [0.1, 0.15) is 0 Å². The van der Waals surface area contributed by atoms with Gasteiger partial charge in [0.05, 0.1) is 11.3 Å². The molecule has 2 heterocycles. The van der Waals surface area contributed by atoms with Crippen molar-refractivity contribution < 1.29 is 9.72 Å². The Morgan fingerprint density at radius 2 is 2.04 bits per heavy atom. The molecule has 2 aliphatic rings. The SMILES string of the molecule is Cl.O=C(Cc1ccc([N+](=O)[O-])cc1Br)N1CCC2(CCNC2)CC1. The first-order valence-electron chi connectivity index (χ1n) is 7.90. The maximum Gasteiger partial charge on any atom is 0.270 e. The Bertz CT molecular complexity index is 625. The van der Waals surface area contributed by atoms with Gasteiger partial charge in [-0.15, -0.1) is 12.4 Å². The normalized spacial score (nSPS) is 19.1. The highest BCUT2D eigenvalue weighted by atomic mass is 79.9. The zero-order valence-corrected chi connectivity index (χ0v) is 15.7. The maximum absolute atomic E-state index is 12.5. The molecule has 0 saturated carbocycles. The molecule has 132 valence electrons. The minimum atomic E-state index is -0.434. The molecule has 2 aliphatic heterocycles. The predicted molar refractivity (Wildman–Crippen MR) is 97.5 cm³/mol. The van der Waals surface area contributed by atoms with Crippen molar-refractivity contribution in [2.45, 2.75) is 25.7 Å². The molecule has 1 spiro atoms. The molecule has 8 heteroatoms. The third-order valence-electron chi connectivity index (χ3n) is 5.10. The molecular formula is C16H21BrClN3O3. The first-order chi connectivity index (χ1) is 11.0. The summed E-state index contributed by atoms with van der Waals surface area (Å²) < 4.78 is 0.619. The fourth-order valence-electron chi connectivity index (χ4n) is 3.52. The number of hydrogen-bond acceptors (Lipinski definition) is 4. The van der Waals surface area contributed by atoms with Crippen molar-refractivity contribution in [2.75, 3.05) is 26.2 Å². The van der Waals surface area contributed by atoms with Crippen LogP contribution in [-0.2, 0) is 11.2 Å². The van der Waals surface area contributed by atoms with Gasteiger partial charge >= 0.3 is 0 Å². The van der Waals surface area contributed by atoms with Crippen LogP contribution in [0.25, 0.3) is 0 Å². The van der Waals surface area contributed by atoms with Crippen molar-refractivity contribution in [3.8, 4) is 0 Å². The zero-order valence-electron chi connectivity index (χ0n) is 13.3. The number of non-ortho nitro benzene ring substituents is 1. The van der Waals surface area contributed by atoms with Gasteiger partial charge in [-0.1, -0.05) is 22.0 Å². The minimum absolute atomic E-state index is 0. The van der Waals surface area contributed by atoms with E-state index >= 15 is 0 Å². The summed E-state index contributed by atoms with van der Waals surface area (Å²) in [6.45, 7) is 3.78. The van der Waals surface area contributed by atoms with Gasteiger partial charge in [-0.2, -0.15) is 0 Å². The van der Waals surface area contributed by atoms with Crippen LogP contribution in [0.1, 0.15) is 24.8 Å². The van der Waals surface area contributed by atoms with Crippen LogP contribution in [0.5, 0.6) is 0 Å². The second kappa shape index (κ2) is 7.80. The van der Waals surface area contributed by atoms with E-state index in [1.165, 1.54) is 18.6 Å². The number of rotatable bonds is 3. The highest BCUT2D eigenvalue weighted by Gasteiger charge is 2.37. The number of amides is 1. The van der Waals surface area contributed by atoms with Crippen LogP contribution < -0.4 is 5.32 Å². The van der Waals surface area contributed by atoms with Gasteiger partial charge < -0.3 is 10.2 Å². The summed E-state index contributed by atoms with van der Waals surface area (Å²) in [5.41, 5.74) is 1.22. The van der Waals surface area contributed by atoms with Gasteiger partial charge in [-0.25, -0.2) is 0 Å². The second-order valence-corrected chi connectivity index (χ2v) is 7.37. The van der Waals surface area contributed by atoms with Crippen LogP contribution in [0.4, 0.5) is 5.69 Å². The predicted octanol–water partition coefficient (Wildman–Crippen LogP) is 2.92. The lowest BCUT2D eigenvalue weighted by atomic mass is 9.78. The summed E-state index contributed by atoms with van der Waals surface area (Å²) in [6, 6.07) is 4.56. The van der Waals surface area contributed by atoms with Gasteiger partial charge in [0, 0.05) is 36.2 Å². The molecule has 0 unspecified atom stereocenters. The van der Waals surface area contributed by atoms with E-state index in [0.29, 0.717) is 9.89 Å². The summed E-state index contributed by atoms with van der Waals surface area (Å²) in [5, 5.41) is 14.2. The zero-order chi connectivity index (χ0) is 16.4. The van der Waals surface area contributed by atoms with Crippen molar-refractivity contribution in [1.29, 1.82) is 0 Å². The van der Waals surface area contributed by atoms with E-state index in [4.69, 9.17) is 0 Å². The quantitative estimate of drug-likeness (QED) is 0.605. The molecule has 1 amide bonds. The smallest absolute Gasteiger partial charge is 0.270 e. The Hall–Kier alpha value is -1.18. The van der Waals surface area contributed by atoms with E-state index in [1.807, 2.05) is 4.90 Å². The van der Waals surface area contributed by atoms with E-state index < -0.39 is 4.92 Å². The Morgan fingerprint density at radius 3 is 2.58 bits per heavy atom. The molecule has 3 rings (SSSR count). The molecule has 0 bridgehead atoms. The van der Waals surface area contributed by atoms with Crippen molar-refractivity contribution in [1.82, 2.24) is 10.2 Å². The number of carbonyl (C=O) groups excluding carboxylic acids is 1. The molecule has 2 saturated heterocycles. The average Bonchev–Trinajstić information content (AvgIpc) is 2.98. The van der Waals surface area contributed by atoms with Gasteiger partial charge in [-0.3, -0.25) is 14.9 Å². The van der Waals surface area contributed by atoms with Gasteiger partial charge in [-0.05, 0) is 36.8 Å². The van der Waals surface area contributed by atoms with Crippen LogP contribution in [0, 0.1) is 15.5 Å². The largest absolute Gasteiger partial charge is 0.342 e. The number of halogens is 2. The summed E-state index contributed by atoms with van der Waals surface area (Å²) >= 11 is 3.33. The van der Waals surface area contributed by atoms with Crippen LogP contribution >= 0.6 is 28.3 Å². The molecule has 0 aliphatic carbocycles. The fourth-order valence-corrected chi connectivity index (χ4v) is 4.03. The lowest BCUT2D eigenvalue weighted by molar-refractivity contribution is -0.384. The molecule has 6 nitrogen and oxygen atoms in total. The van der Waals surface area contributed by atoms with Crippen molar-refractivity contribution in [3.63, 3.8) is 0 Å². The molecule has 0 aromatic heterocycles. The van der Waals surface area contributed by atoms with Gasteiger partial charge in [0.15, 0.2) is 0 Å². The maximum atomic E-state index is 12.5. The van der Waals surface area contributed by atoms with E-state index in [2.05, 4.69) is 21.2 Å². The van der Waals surface area contributed by atoms with Crippen LogP contribution in [0.2, 0.25) is 0 Å². The minimum Gasteiger partial charge on any atom is -0.342 e. The molecule has 1 aromatic rings. The van der Waals surface area contributed by atoms with Crippen LogP contribution in [0.3, 0.4) is 0 Å². The lowest BCUT2D eigenvalue weighted by Gasteiger charge is -2.39. The lowest BCUT2D eigenvalue weighted by Crippen LogP contribution is -2.44. The van der Waals surface area contributed by atoms with Crippen molar-refractivity contribution in [3.05, 3.63) is 38.3 Å². The first kappa shape index (κ1) is 19.1. The Balaban J connectivity index is 0.00000208. The first-order valence-corrected chi connectivity index (χ1v) is 8.70. The van der Waals surface area contributed by atoms with Crippen LogP contribution in [-0.4, -0.2) is 41.9 Å². The number of piperidine rings is 1. The monoisotopic (exact) mass is 417 g/mol. The number of nitrogens with one attached hydrogen (secondary N) is 1. The number of likely N-dealkylation sites (tertiary alicyclic amines) is 1. The molecule has 24 heavy (non-hydrogen) atoms. The van der Waals surface area contributed by atoms with Crippen molar-refractivity contribution in [2.24, 2.45) is 5.41 Å². The van der Waals surface area contributed by atoms with E-state index in [-0.39, 0.29) is 30.4 Å². The highest BCUT2D eigenvalue weighted by molar-refractivity contribution is 9.10. The van der Waals surface area contributed by atoms with Crippen LogP contribution in [0.15, 0.2) is 22.7 Å². The van der Waals surface area contributed by atoms with Gasteiger partial charge in [0.2, 0.25) is 5.91 Å². The third kappa shape index (κ3) is 4.07. The molecule has 0 radical (unpaired) electrons. The standard InChI is InChI=1S/C16H20BrN3O3.ClH/c17-14-10-13(20(22)23)2-1-12(14)9-15(21)19-7-4-16(5-8-19)3-6-18-11-16;/h1-2,10,18H,3-9,11H2;1H. The third-order valence-corrected chi connectivity index (χ3v) is 5.84. The average molecular weight is 419 g/mol. The van der Waals surface area contributed by atoms with E-state index in [1.54, 1.807) is 6.07 Å².